The third-order valence-electron chi connectivity index (χ3n) is 2.21. The molecule has 13 heavy (non-hydrogen) atoms. The Labute approximate surface area is 122 Å². The second-order valence-electron chi connectivity index (χ2n) is 2.91. The van der Waals surface area contributed by atoms with Gasteiger partial charge in [0.25, 0.3) is 0 Å². The molecule has 0 saturated carbocycles. The summed E-state index contributed by atoms with van der Waals surface area (Å²) in [6, 6.07) is 0. The van der Waals surface area contributed by atoms with Gasteiger partial charge in [0.15, 0.2) is 0 Å². The van der Waals surface area contributed by atoms with Crippen LogP contribution in [0, 0.1) is 25.7 Å². The van der Waals surface area contributed by atoms with Crippen LogP contribution in [0.1, 0.15) is 0 Å². The van der Waals surface area contributed by atoms with E-state index in [1.807, 2.05) is 0 Å². The maximum absolute atomic E-state index is 9.27. The quantitative estimate of drug-likeness (QED) is 0.258. The fourth-order valence-electron chi connectivity index (χ4n) is 1.60. The van der Waals surface area contributed by atoms with Gasteiger partial charge in [0.1, 0.15) is 12.2 Å². The molecule has 0 bridgehead atoms. The van der Waals surface area contributed by atoms with Gasteiger partial charge in [-0.25, -0.2) is 0 Å². The Hall–Kier alpha value is 1.08. The van der Waals surface area contributed by atoms with Gasteiger partial charge in [-0.1, -0.05) is 0 Å². The average molecular weight is 207 g/mol. The van der Waals surface area contributed by atoms with Crippen molar-refractivity contribution in [1.29, 1.82) is 0 Å². The van der Waals surface area contributed by atoms with Crippen LogP contribution in [0.2, 0.25) is 0 Å². The predicted molar refractivity (Wildman–Crippen MR) is 42.5 cm³/mol. The molecule has 0 aromatic rings. The predicted octanol–water partition coefficient (Wildman–Crippen LogP) is -3.19. The molecule has 3 nitrogen and oxygen atoms in total. The smallest absolute Gasteiger partial charge is 0.693 e. The number of aliphatic hydroxyl groups is 1. The van der Waals surface area contributed by atoms with Gasteiger partial charge in [0, 0.05) is 5.92 Å². The Bertz CT molecular complexity index is 202. The molecular formula is C9H12KO3-. The second-order valence-corrected chi connectivity index (χ2v) is 2.91. The molecule has 0 amide bonds. The molecule has 2 aliphatic rings. The van der Waals surface area contributed by atoms with E-state index in [2.05, 4.69) is 5.92 Å². The first-order valence-corrected chi connectivity index (χ1v) is 3.66. The van der Waals surface area contributed by atoms with Crippen molar-refractivity contribution in [1.82, 2.24) is 0 Å². The molecule has 4 heteroatoms. The fraction of sp³-hybridized carbons (Fsp3) is 0.667. The SMILES string of the molecule is [C-]#CC1COC2C(O)COC12.[CH3-].[K+]. The first kappa shape index (κ1) is 14.1. The molecule has 2 heterocycles. The van der Waals surface area contributed by atoms with Gasteiger partial charge in [-0.3, -0.25) is 0 Å². The summed E-state index contributed by atoms with van der Waals surface area (Å²) in [5, 5.41) is 9.27. The van der Waals surface area contributed by atoms with E-state index >= 15 is 0 Å². The summed E-state index contributed by atoms with van der Waals surface area (Å²) in [6.45, 7) is 0.781. The van der Waals surface area contributed by atoms with E-state index in [-0.39, 0.29) is 76.9 Å². The molecule has 2 aliphatic heterocycles. The van der Waals surface area contributed by atoms with Gasteiger partial charge < -0.3 is 34.4 Å². The molecule has 0 aromatic heterocycles. The zero-order valence-electron chi connectivity index (χ0n) is 7.99. The van der Waals surface area contributed by atoms with Crippen molar-refractivity contribution in [2.24, 2.45) is 5.92 Å². The Kier molecular flexibility index (Phi) is 6.32. The molecule has 2 saturated heterocycles. The normalized spacial score (nSPS) is 41.2. The minimum absolute atomic E-state index is 0. The maximum atomic E-state index is 9.27. The van der Waals surface area contributed by atoms with E-state index in [0.717, 1.165) is 0 Å². The van der Waals surface area contributed by atoms with E-state index in [1.54, 1.807) is 0 Å². The maximum Gasteiger partial charge on any atom is 1.00 e. The number of rotatable bonds is 0. The molecule has 0 radical (unpaired) electrons. The van der Waals surface area contributed by atoms with Crippen molar-refractivity contribution in [3.8, 4) is 5.92 Å². The molecule has 1 N–H and O–H groups in total. The fourth-order valence-corrected chi connectivity index (χ4v) is 1.60. The number of fused-ring (bicyclic) bond motifs is 1. The monoisotopic (exact) mass is 207 g/mol. The average Bonchev–Trinajstić information content (AvgIpc) is 2.53. The van der Waals surface area contributed by atoms with Gasteiger partial charge in [0.2, 0.25) is 0 Å². The number of aliphatic hydroxyl groups excluding tert-OH is 1. The first-order valence-electron chi connectivity index (χ1n) is 3.66. The summed E-state index contributed by atoms with van der Waals surface area (Å²) in [4.78, 5) is 0. The second kappa shape index (κ2) is 5.84. The zero-order valence-corrected chi connectivity index (χ0v) is 11.1. The van der Waals surface area contributed by atoms with Gasteiger partial charge in [-0.15, -0.1) is 0 Å². The first-order chi connectivity index (χ1) is 5.33. The van der Waals surface area contributed by atoms with E-state index in [1.165, 1.54) is 0 Å². The summed E-state index contributed by atoms with van der Waals surface area (Å²) in [5.74, 6) is 2.26. The molecule has 0 spiro atoms. The van der Waals surface area contributed by atoms with Crippen LogP contribution in [0.4, 0.5) is 0 Å². The van der Waals surface area contributed by atoms with E-state index in [0.29, 0.717) is 13.2 Å². The molecule has 0 aromatic carbocycles. The van der Waals surface area contributed by atoms with Gasteiger partial charge >= 0.3 is 51.4 Å². The molecule has 2 fully saturated rings. The van der Waals surface area contributed by atoms with E-state index in [9.17, 15) is 5.11 Å². The molecular weight excluding hydrogens is 195 g/mol. The van der Waals surface area contributed by atoms with Crippen molar-refractivity contribution in [3.05, 3.63) is 13.9 Å². The van der Waals surface area contributed by atoms with Crippen LogP contribution in [0.3, 0.4) is 0 Å². The van der Waals surface area contributed by atoms with E-state index in [4.69, 9.17) is 15.9 Å². The van der Waals surface area contributed by atoms with Crippen molar-refractivity contribution < 1.29 is 66.0 Å². The van der Waals surface area contributed by atoms with Gasteiger partial charge in [-0.2, -0.15) is 0 Å². The standard InChI is InChI=1S/C8H9O3.CH3.K/c1-2-5-3-10-8-6(9)4-11-7(5)8;;/h5-9H,3-4H2;1H3;/q2*-1;+1. The number of hydrogen-bond acceptors (Lipinski definition) is 3. The molecule has 4 atom stereocenters. The Balaban J connectivity index is 0.000000720. The van der Waals surface area contributed by atoms with Crippen molar-refractivity contribution >= 4 is 0 Å². The van der Waals surface area contributed by atoms with Crippen LogP contribution in [0.25, 0.3) is 0 Å². The third-order valence-corrected chi connectivity index (χ3v) is 2.21. The summed E-state index contributed by atoms with van der Waals surface area (Å²) in [7, 11) is 0. The number of hydrogen-bond donors (Lipinski definition) is 1. The molecule has 4 unspecified atom stereocenters. The van der Waals surface area contributed by atoms with Crippen LogP contribution < -0.4 is 51.4 Å². The molecule has 0 aliphatic carbocycles. The van der Waals surface area contributed by atoms with Crippen LogP contribution in [0.5, 0.6) is 0 Å². The Morgan fingerprint density at radius 2 is 1.85 bits per heavy atom. The minimum Gasteiger partial charge on any atom is -0.693 e. The molecule has 68 valence electrons. The van der Waals surface area contributed by atoms with Crippen LogP contribution in [0.15, 0.2) is 0 Å². The summed E-state index contributed by atoms with van der Waals surface area (Å²) < 4.78 is 10.5. The van der Waals surface area contributed by atoms with Crippen molar-refractivity contribution in [3.63, 3.8) is 0 Å². The van der Waals surface area contributed by atoms with Crippen LogP contribution >= 0.6 is 0 Å². The van der Waals surface area contributed by atoms with Gasteiger partial charge in [0.05, 0.1) is 19.3 Å². The zero-order chi connectivity index (χ0) is 7.84. The minimum atomic E-state index is -0.515. The Morgan fingerprint density at radius 1 is 1.23 bits per heavy atom. The van der Waals surface area contributed by atoms with Crippen molar-refractivity contribution in [2.75, 3.05) is 13.2 Å². The topological polar surface area (TPSA) is 38.7 Å². The molecule has 2 rings (SSSR count). The summed E-state index contributed by atoms with van der Waals surface area (Å²) >= 11 is 0. The Morgan fingerprint density at radius 3 is 2.46 bits per heavy atom. The van der Waals surface area contributed by atoms with Gasteiger partial charge in [-0.05, 0) is 0 Å². The summed E-state index contributed by atoms with van der Waals surface area (Å²) in [6.07, 6.45) is 6.05. The summed E-state index contributed by atoms with van der Waals surface area (Å²) in [5.41, 5.74) is 0. The van der Waals surface area contributed by atoms with Crippen LogP contribution in [-0.4, -0.2) is 36.6 Å². The largest absolute Gasteiger partial charge is 1.00 e. The third kappa shape index (κ3) is 2.55. The van der Waals surface area contributed by atoms with Crippen LogP contribution in [-0.2, 0) is 9.47 Å². The van der Waals surface area contributed by atoms with E-state index < -0.39 is 6.10 Å². The number of ether oxygens (including phenoxy) is 2. The van der Waals surface area contributed by atoms with Crippen molar-refractivity contribution in [2.45, 2.75) is 18.3 Å².